The largest absolute Gasteiger partial charge is 1.00 e. The minimum Gasteiger partial charge on any atom is -1.00 e. The van der Waals surface area contributed by atoms with Gasteiger partial charge in [-0.1, -0.05) is 0 Å². The molecule has 0 spiro atoms. The van der Waals surface area contributed by atoms with Crippen LogP contribution in [0.2, 0.25) is 0 Å². The van der Waals surface area contributed by atoms with Gasteiger partial charge in [-0.3, -0.25) is 0 Å². The zero-order chi connectivity index (χ0) is 20.2. The van der Waals surface area contributed by atoms with Crippen LogP contribution in [0.3, 0.4) is 0 Å². The predicted octanol–water partition coefficient (Wildman–Crippen LogP) is 1.75. The van der Waals surface area contributed by atoms with E-state index in [9.17, 15) is 26.3 Å². The van der Waals surface area contributed by atoms with Gasteiger partial charge in [0.2, 0.25) is 0 Å². The first-order valence-corrected chi connectivity index (χ1v) is 11.8. The summed E-state index contributed by atoms with van der Waals surface area (Å²) in [6.45, 7) is 3.92. The van der Waals surface area contributed by atoms with Crippen molar-refractivity contribution in [3.63, 3.8) is 0 Å². The molecule has 0 nitrogen and oxygen atoms in total. The fourth-order valence-electron chi connectivity index (χ4n) is 3.43. The molecule has 0 saturated heterocycles. The summed E-state index contributed by atoms with van der Waals surface area (Å²) < 4.78 is 81.4. The smallest absolute Gasteiger partial charge is 1.00 e. The maximum atomic E-state index is 13.5. The Bertz CT molecular complexity index is 626. The van der Waals surface area contributed by atoms with Crippen LogP contribution in [-0.4, -0.2) is 12.4 Å². The molecule has 0 amide bonds. The summed E-state index contributed by atoms with van der Waals surface area (Å²) in [6.07, 6.45) is -1.84. The summed E-state index contributed by atoms with van der Waals surface area (Å²) >= 11 is -2.21. The molecule has 0 bridgehead atoms. The van der Waals surface area contributed by atoms with Gasteiger partial charge in [0.15, 0.2) is 0 Å². The molecule has 0 heterocycles. The standard InChI is InChI=1S/2C10H12F3.2ClH.Zr/c2*1-2-3-4-8-5-6-9(7-8)10(11,12)13;;;/h2*6H,2-5H2,1H3;2*1H;/q;;;;+2/p-2. The van der Waals surface area contributed by atoms with E-state index >= 15 is 0 Å². The number of halogens is 8. The molecule has 29 heavy (non-hydrogen) atoms. The molecule has 0 aromatic carbocycles. The van der Waals surface area contributed by atoms with Crippen molar-refractivity contribution in [2.24, 2.45) is 0 Å². The van der Waals surface area contributed by atoms with Crippen molar-refractivity contribution in [1.82, 2.24) is 0 Å². The molecule has 2 rings (SSSR count). The Hall–Kier alpha value is 0.00312. The van der Waals surface area contributed by atoms with Crippen molar-refractivity contribution >= 4 is 0 Å². The molecule has 0 aromatic heterocycles. The molecule has 0 radical (unpaired) electrons. The second-order valence-corrected chi connectivity index (χ2v) is 10.0. The molecule has 0 N–H and O–H groups in total. The van der Waals surface area contributed by atoms with Crippen LogP contribution in [0.5, 0.6) is 0 Å². The Kier molecular flexibility index (Phi) is 12.1. The summed E-state index contributed by atoms with van der Waals surface area (Å²) in [5, 5.41) is 0. The van der Waals surface area contributed by atoms with Crippen LogP contribution in [0.4, 0.5) is 26.3 Å². The van der Waals surface area contributed by atoms with Crippen LogP contribution in [0.1, 0.15) is 65.2 Å². The number of hydrogen-bond donors (Lipinski definition) is 0. The van der Waals surface area contributed by atoms with E-state index in [1.54, 1.807) is 0 Å². The Balaban J connectivity index is 0.00000392. The van der Waals surface area contributed by atoms with E-state index in [-0.39, 0.29) is 44.2 Å². The minimum atomic E-state index is -4.49. The average Bonchev–Trinajstić information content (AvgIpc) is 3.15. The van der Waals surface area contributed by atoms with Crippen molar-refractivity contribution in [3.05, 3.63) is 41.0 Å². The second-order valence-electron chi connectivity index (χ2n) is 6.93. The Morgan fingerprint density at radius 2 is 1.07 bits per heavy atom. The third-order valence-corrected chi connectivity index (χ3v) is 9.17. The molecular weight excluding hydrogens is 516 g/mol. The van der Waals surface area contributed by atoms with Crippen molar-refractivity contribution in [2.75, 3.05) is 0 Å². The molecule has 0 fully saturated rings. The van der Waals surface area contributed by atoms with Gasteiger partial charge in [-0.15, -0.1) is 0 Å². The quantitative estimate of drug-likeness (QED) is 0.412. The van der Waals surface area contributed by atoms with Crippen molar-refractivity contribution in [1.29, 1.82) is 0 Å². The molecule has 164 valence electrons. The first-order chi connectivity index (χ1) is 12.6. The van der Waals surface area contributed by atoms with Crippen LogP contribution in [-0.2, 0) is 23.2 Å². The average molecular weight is 541 g/mol. The summed E-state index contributed by atoms with van der Waals surface area (Å²) in [6, 6.07) is 0. The van der Waals surface area contributed by atoms with Gasteiger partial charge in [-0.05, 0) is 0 Å². The maximum absolute atomic E-state index is 13.5. The number of unbranched alkanes of at least 4 members (excludes halogenated alkanes) is 2. The van der Waals surface area contributed by atoms with Gasteiger partial charge in [-0.2, -0.15) is 0 Å². The SMILES string of the molecule is CCCCC1=[C]([Zr+2][C]2=C(CCCC)CC=C2C(F)(F)F)C(C(F)(F)F)=CC1.[Cl-].[Cl-]. The Labute approximate surface area is 192 Å². The molecular formula is C20H24Cl2F6Zr. The first kappa shape index (κ1) is 29.0. The summed E-state index contributed by atoms with van der Waals surface area (Å²) in [4.78, 5) is 0. The molecule has 2 aliphatic carbocycles. The van der Waals surface area contributed by atoms with Crippen molar-refractivity contribution in [3.8, 4) is 0 Å². The monoisotopic (exact) mass is 538 g/mol. The maximum Gasteiger partial charge on any atom is -1.00 e. The zero-order valence-corrected chi connectivity index (χ0v) is 20.3. The third-order valence-electron chi connectivity index (χ3n) is 4.88. The summed E-state index contributed by atoms with van der Waals surface area (Å²) in [5.74, 6) is 0. The van der Waals surface area contributed by atoms with E-state index < -0.39 is 46.7 Å². The molecule has 2 aliphatic rings. The topological polar surface area (TPSA) is 0 Å². The van der Waals surface area contributed by atoms with Gasteiger partial charge in [-0.25, -0.2) is 0 Å². The number of allylic oxidation sites excluding steroid dienone is 8. The number of hydrogen-bond acceptors (Lipinski definition) is 0. The Morgan fingerprint density at radius 1 is 0.724 bits per heavy atom. The van der Waals surface area contributed by atoms with Gasteiger partial charge >= 0.3 is 168 Å². The number of rotatable bonds is 8. The Morgan fingerprint density at radius 3 is 1.34 bits per heavy atom. The van der Waals surface area contributed by atoms with Crippen molar-refractivity contribution in [2.45, 2.75) is 77.6 Å². The molecule has 0 aromatic rings. The third kappa shape index (κ3) is 7.57. The predicted molar refractivity (Wildman–Crippen MR) is 90.6 cm³/mol. The van der Waals surface area contributed by atoms with Crippen LogP contribution in [0.15, 0.2) is 41.0 Å². The molecule has 0 unspecified atom stereocenters. The van der Waals surface area contributed by atoms with Crippen LogP contribution in [0, 0.1) is 0 Å². The van der Waals surface area contributed by atoms with E-state index in [2.05, 4.69) is 0 Å². The van der Waals surface area contributed by atoms with E-state index in [1.807, 2.05) is 13.8 Å². The summed E-state index contributed by atoms with van der Waals surface area (Å²) in [7, 11) is 0. The van der Waals surface area contributed by atoms with Gasteiger partial charge in [0, 0.05) is 0 Å². The van der Waals surface area contributed by atoms with E-state index in [0.29, 0.717) is 24.0 Å². The first-order valence-electron chi connectivity index (χ1n) is 9.36. The van der Waals surface area contributed by atoms with Crippen LogP contribution < -0.4 is 24.8 Å². The van der Waals surface area contributed by atoms with Crippen molar-refractivity contribution < 1.29 is 74.4 Å². The van der Waals surface area contributed by atoms with Gasteiger partial charge in [0.25, 0.3) is 0 Å². The molecule has 0 atom stereocenters. The second kappa shape index (κ2) is 12.1. The fraction of sp³-hybridized carbons (Fsp3) is 0.600. The molecule has 9 heteroatoms. The van der Waals surface area contributed by atoms with E-state index in [1.165, 1.54) is 12.2 Å². The molecule has 0 aliphatic heterocycles. The molecule has 0 saturated carbocycles. The van der Waals surface area contributed by atoms with Gasteiger partial charge in [0.05, 0.1) is 0 Å². The van der Waals surface area contributed by atoms with Gasteiger partial charge < -0.3 is 24.8 Å². The van der Waals surface area contributed by atoms with Crippen LogP contribution >= 0.6 is 0 Å². The number of alkyl halides is 6. The van der Waals surface area contributed by atoms with Crippen LogP contribution in [0.25, 0.3) is 0 Å². The zero-order valence-electron chi connectivity index (χ0n) is 16.3. The van der Waals surface area contributed by atoms with E-state index in [4.69, 9.17) is 0 Å². The summed E-state index contributed by atoms with van der Waals surface area (Å²) in [5.41, 5.74) is 0.0880. The van der Waals surface area contributed by atoms with Gasteiger partial charge in [0.1, 0.15) is 0 Å². The fourth-order valence-corrected chi connectivity index (χ4v) is 7.89. The normalized spacial score (nSPS) is 17.0. The minimum absolute atomic E-state index is 0. The van der Waals surface area contributed by atoms with E-state index in [0.717, 1.165) is 25.7 Å².